The van der Waals surface area contributed by atoms with Crippen LogP contribution >= 0.6 is 0 Å². The standard InChI is InChI=1S/C21H32N2O5/c1-16(12-23-20(26)28-21(2,3)4)10-11-19(25)22-13-18(24)15-27-14-17-8-6-5-7-9-17/h5-9,16H,10-15H2,1-4H3,(H,22,25)(H,23,26). The number of hydrogen-bond acceptors (Lipinski definition) is 5. The van der Waals surface area contributed by atoms with Crippen LogP contribution in [-0.4, -0.2) is 43.1 Å². The van der Waals surface area contributed by atoms with E-state index < -0.39 is 11.7 Å². The molecule has 0 saturated carbocycles. The minimum Gasteiger partial charge on any atom is -0.444 e. The highest BCUT2D eigenvalue weighted by Gasteiger charge is 2.16. The van der Waals surface area contributed by atoms with E-state index >= 15 is 0 Å². The first-order valence-electron chi connectivity index (χ1n) is 9.52. The van der Waals surface area contributed by atoms with Crippen LogP contribution in [0.3, 0.4) is 0 Å². The summed E-state index contributed by atoms with van der Waals surface area (Å²) in [4.78, 5) is 35.2. The molecule has 28 heavy (non-hydrogen) atoms. The molecule has 0 heterocycles. The van der Waals surface area contributed by atoms with Gasteiger partial charge in [0.05, 0.1) is 13.2 Å². The SMILES string of the molecule is CC(CCC(=O)NCC(=O)COCc1ccccc1)CNC(=O)OC(C)(C)C. The minimum atomic E-state index is -0.537. The van der Waals surface area contributed by atoms with Crippen molar-refractivity contribution >= 4 is 17.8 Å². The summed E-state index contributed by atoms with van der Waals surface area (Å²) >= 11 is 0. The molecule has 7 heteroatoms. The maximum Gasteiger partial charge on any atom is 0.407 e. The highest BCUT2D eigenvalue weighted by atomic mass is 16.6. The lowest BCUT2D eigenvalue weighted by Crippen LogP contribution is -2.35. The number of Topliss-reactive ketones (excluding diaryl/α,β-unsaturated/α-hetero) is 1. The molecule has 7 nitrogen and oxygen atoms in total. The normalized spacial score (nSPS) is 12.1. The van der Waals surface area contributed by atoms with Crippen LogP contribution in [0, 0.1) is 5.92 Å². The van der Waals surface area contributed by atoms with Gasteiger partial charge in [-0.3, -0.25) is 9.59 Å². The highest BCUT2D eigenvalue weighted by molar-refractivity contribution is 5.86. The first-order valence-corrected chi connectivity index (χ1v) is 9.52. The fraction of sp³-hybridized carbons (Fsp3) is 0.571. The van der Waals surface area contributed by atoms with Crippen molar-refractivity contribution in [3.63, 3.8) is 0 Å². The van der Waals surface area contributed by atoms with Gasteiger partial charge < -0.3 is 20.1 Å². The van der Waals surface area contributed by atoms with E-state index in [0.29, 0.717) is 19.6 Å². The smallest absolute Gasteiger partial charge is 0.407 e. The molecule has 0 spiro atoms. The van der Waals surface area contributed by atoms with Crippen molar-refractivity contribution in [1.29, 1.82) is 0 Å². The molecule has 1 rings (SSSR count). The lowest BCUT2D eigenvalue weighted by Gasteiger charge is -2.20. The third-order valence-corrected chi connectivity index (χ3v) is 3.72. The van der Waals surface area contributed by atoms with Gasteiger partial charge in [-0.2, -0.15) is 0 Å². The average molecular weight is 392 g/mol. The van der Waals surface area contributed by atoms with Gasteiger partial charge in [0.2, 0.25) is 5.91 Å². The highest BCUT2D eigenvalue weighted by Crippen LogP contribution is 2.08. The molecule has 0 aromatic heterocycles. The Morgan fingerprint density at radius 3 is 2.39 bits per heavy atom. The van der Waals surface area contributed by atoms with Gasteiger partial charge in [0.25, 0.3) is 0 Å². The fourth-order valence-corrected chi connectivity index (χ4v) is 2.24. The molecule has 1 unspecified atom stereocenters. The minimum absolute atomic E-state index is 0.0363. The Morgan fingerprint density at radius 1 is 1.07 bits per heavy atom. The van der Waals surface area contributed by atoms with Gasteiger partial charge in [0.1, 0.15) is 12.2 Å². The Labute approximate surface area is 167 Å². The number of carbonyl (C=O) groups excluding carboxylic acids is 3. The summed E-state index contributed by atoms with van der Waals surface area (Å²) < 4.78 is 10.5. The van der Waals surface area contributed by atoms with Crippen LogP contribution in [0.5, 0.6) is 0 Å². The van der Waals surface area contributed by atoms with Crippen LogP contribution < -0.4 is 10.6 Å². The maximum absolute atomic E-state index is 11.9. The molecule has 1 atom stereocenters. The molecule has 156 valence electrons. The number of alkyl carbamates (subject to hydrolysis) is 1. The van der Waals surface area contributed by atoms with Crippen LogP contribution in [0.1, 0.15) is 46.1 Å². The van der Waals surface area contributed by atoms with Gasteiger partial charge in [-0.15, -0.1) is 0 Å². The van der Waals surface area contributed by atoms with Crippen molar-refractivity contribution < 1.29 is 23.9 Å². The van der Waals surface area contributed by atoms with Crippen molar-refractivity contribution in [2.45, 2.75) is 52.7 Å². The van der Waals surface area contributed by atoms with Crippen LogP contribution in [0.2, 0.25) is 0 Å². The van der Waals surface area contributed by atoms with Crippen molar-refractivity contribution in [1.82, 2.24) is 10.6 Å². The molecule has 0 fully saturated rings. The summed E-state index contributed by atoms with van der Waals surface area (Å²) in [6, 6.07) is 9.57. The van der Waals surface area contributed by atoms with Crippen molar-refractivity contribution in [3.8, 4) is 0 Å². The third kappa shape index (κ3) is 12.1. The predicted octanol–water partition coefficient (Wildman–Crippen LogP) is 2.83. The Bertz CT molecular complexity index is 625. The summed E-state index contributed by atoms with van der Waals surface area (Å²) in [6.07, 6.45) is 0.417. The van der Waals surface area contributed by atoms with E-state index in [1.165, 1.54) is 0 Å². The first-order chi connectivity index (χ1) is 13.2. The molecule has 0 radical (unpaired) electrons. The van der Waals surface area contributed by atoms with Crippen molar-refractivity contribution in [2.24, 2.45) is 5.92 Å². The van der Waals surface area contributed by atoms with Crippen LogP contribution in [0.15, 0.2) is 30.3 Å². The number of rotatable bonds is 11. The van der Waals surface area contributed by atoms with E-state index in [-0.39, 0.29) is 37.2 Å². The quantitative estimate of drug-likeness (QED) is 0.604. The van der Waals surface area contributed by atoms with Gasteiger partial charge >= 0.3 is 6.09 Å². The number of amides is 2. The molecule has 0 bridgehead atoms. The number of ether oxygens (including phenoxy) is 2. The Hall–Kier alpha value is -2.41. The zero-order chi connectivity index (χ0) is 21.0. The van der Waals surface area contributed by atoms with E-state index in [0.717, 1.165) is 5.56 Å². The third-order valence-electron chi connectivity index (χ3n) is 3.72. The molecule has 2 N–H and O–H groups in total. The molecular formula is C21H32N2O5. The summed E-state index contributed by atoms with van der Waals surface area (Å²) in [5.41, 5.74) is 0.457. The number of benzene rings is 1. The number of ketones is 1. The second kappa shape index (κ2) is 12.1. The van der Waals surface area contributed by atoms with Crippen molar-refractivity contribution in [2.75, 3.05) is 19.7 Å². The molecule has 0 aliphatic heterocycles. The van der Waals surface area contributed by atoms with Crippen LogP contribution in [0.25, 0.3) is 0 Å². The van der Waals surface area contributed by atoms with Gasteiger partial charge in [0.15, 0.2) is 5.78 Å². The molecule has 0 saturated heterocycles. The van der Waals surface area contributed by atoms with E-state index in [4.69, 9.17) is 9.47 Å². The largest absolute Gasteiger partial charge is 0.444 e. The first kappa shape index (κ1) is 23.6. The topological polar surface area (TPSA) is 93.7 Å². The Balaban J connectivity index is 2.10. The van der Waals surface area contributed by atoms with Gasteiger partial charge in [0, 0.05) is 13.0 Å². The Kier molecular flexibility index (Phi) is 10.2. The number of carbonyl (C=O) groups is 3. The summed E-state index contributed by atoms with van der Waals surface area (Å²) in [7, 11) is 0. The fourth-order valence-electron chi connectivity index (χ4n) is 2.24. The molecule has 2 amide bonds. The van der Waals surface area contributed by atoms with Gasteiger partial charge in [-0.25, -0.2) is 4.79 Å². The van der Waals surface area contributed by atoms with E-state index in [2.05, 4.69) is 10.6 Å². The number of nitrogens with one attached hydrogen (secondary N) is 2. The average Bonchev–Trinajstić information content (AvgIpc) is 2.62. The van der Waals surface area contributed by atoms with E-state index in [1.54, 1.807) is 20.8 Å². The maximum atomic E-state index is 11.9. The van der Waals surface area contributed by atoms with Crippen molar-refractivity contribution in [3.05, 3.63) is 35.9 Å². The summed E-state index contributed by atoms with van der Waals surface area (Å²) in [5.74, 6) is -0.257. The molecule has 1 aromatic rings. The summed E-state index contributed by atoms with van der Waals surface area (Å²) in [5, 5.41) is 5.29. The van der Waals surface area contributed by atoms with E-state index in [1.807, 2.05) is 37.3 Å². The second-order valence-electron chi connectivity index (χ2n) is 7.82. The number of hydrogen-bond donors (Lipinski definition) is 2. The molecule has 0 aliphatic carbocycles. The predicted molar refractivity (Wildman–Crippen MR) is 107 cm³/mol. The zero-order valence-electron chi connectivity index (χ0n) is 17.2. The monoisotopic (exact) mass is 392 g/mol. The Morgan fingerprint density at radius 2 is 1.75 bits per heavy atom. The summed E-state index contributed by atoms with van der Waals surface area (Å²) in [6.45, 7) is 8.05. The van der Waals surface area contributed by atoms with Crippen LogP contribution in [0.4, 0.5) is 4.79 Å². The molecule has 1 aromatic carbocycles. The van der Waals surface area contributed by atoms with E-state index in [9.17, 15) is 14.4 Å². The lowest BCUT2D eigenvalue weighted by atomic mass is 10.1. The molecular weight excluding hydrogens is 360 g/mol. The lowest BCUT2D eigenvalue weighted by molar-refractivity contribution is -0.127. The van der Waals surface area contributed by atoms with Gasteiger partial charge in [-0.1, -0.05) is 37.3 Å². The molecule has 0 aliphatic rings. The zero-order valence-corrected chi connectivity index (χ0v) is 17.2. The van der Waals surface area contributed by atoms with Gasteiger partial charge in [-0.05, 0) is 38.7 Å². The van der Waals surface area contributed by atoms with Crippen LogP contribution in [-0.2, 0) is 25.7 Å². The second-order valence-corrected chi connectivity index (χ2v) is 7.82.